The van der Waals surface area contributed by atoms with Gasteiger partial charge in [0.05, 0.1) is 0 Å². The summed E-state index contributed by atoms with van der Waals surface area (Å²) in [6.45, 7) is 24.0. The topological polar surface area (TPSA) is 24.1 Å². The lowest BCUT2D eigenvalue weighted by molar-refractivity contribution is -0.132. The lowest BCUT2D eigenvalue weighted by atomic mass is 9.39. The summed E-state index contributed by atoms with van der Waals surface area (Å²) in [5.74, 6) is 4.20. The molecular formula is C35H54N2. The summed E-state index contributed by atoms with van der Waals surface area (Å²) >= 11 is 0. The van der Waals surface area contributed by atoms with E-state index in [4.69, 9.17) is 6.58 Å². The van der Waals surface area contributed by atoms with Crippen LogP contribution in [0.15, 0.2) is 60.9 Å². The van der Waals surface area contributed by atoms with Gasteiger partial charge in [0.2, 0.25) is 0 Å². The second kappa shape index (κ2) is 10.6. The summed E-state index contributed by atoms with van der Waals surface area (Å²) in [6, 6.07) is 0. The number of rotatable bonds is 9. The van der Waals surface area contributed by atoms with Gasteiger partial charge in [-0.1, -0.05) is 69.9 Å². The first-order chi connectivity index (χ1) is 17.7. The molecule has 8 atom stereocenters. The van der Waals surface area contributed by atoms with Crippen LogP contribution in [-0.4, -0.2) is 19.6 Å². The maximum absolute atomic E-state index is 4.90. The van der Waals surface area contributed by atoms with Gasteiger partial charge < -0.3 is 10.6 Å². The third kappa shape index (κ3) is 4.54. The Morgan fingerprint density at radius 2 is 1.81 bits per heavy atom. The van der Waals surface area contributed by atoms with E-state index in [2.05, 4.69) is 62.8 Å². The van der Waals surface area contributed by atoms with E-state index in [1.807, 2.05) is 0 Å². The van der Waals surface area contributed by atoms with Crippen LogP contribution in [0.5, 0.6) is 0 Å². The molecule has 0 heterocycles. The summed E-state index contributed by atoms with van der Waals surface area (Å²) in [5, 5.41) is 6.77. The van der Waals surface area contributed by atoms with Crippen molar-refractivity contribution >= 4 is 0 Å². The van der Waals surface area contributed by atoms with Gasteiger partial charge in [-0.15, -0.1) is 0 Å². The van der Waals surface area contributed by atoms with Crippen LogP contribution in [0.25, 0.3) is 0 Å². The molecule has 204 valence electrons. The third-order valence-electron chi connectivity index (χ3n) is 12.7. The second-order valence-electron chi connectivity index (χ2n) is 14.1. The molecule has 2 N–H and O–H groups in total. The maximum Gasteiger partial charge on any atom is 0.0266 e. The number of hydrogen-bond acceptors (Lipinski definition) is 2. The van der Waals surface area contributed by atoms with Crippen LogP contribution in [0.3, 0.4) is 0 Å². The van der Waals surface area contributed by atoms with E-state index in [0.29, 0.717) is 16.7 Å². The van der Waals surface area contributed by atoms with E-state index in [1.165, 1.54) is 69.8 Å². The Labute approximate surface area is 228 Å². The highest BCUT2D eigenvalue weighted by Crippen LogP contribution is 2.74. The van der Waals surface area contributed by atoms with Crippen molar-refractivity contribution < 1.29 is 0 Å². The Balaban J connectivity index is 1.25. The highest BCUT2D eigenvalue weighted by atomic mass is 14.9. The first kappa shape index (κ1) is 27.0. The molecule has 37 heavy (non-hydrogen) atoms. The van der Waals surface area contributed by atoms with E-state index in [1.54, 1.807) is 17.3 Å². The average Bonchev–Trinajstić information content (AvgIpc) is 3.17. The Hall–Kier alpha value is -1.54. The number of nitrogens with one attached hydrogen (secondary N) is 2. The molecule has 4 saturated carbocycles. The Morgan fingerprint density at radius 3 is 2.57 bits per heavy atom. The molecule has 0 aromatic heterocycles. The van der Waals surface area contributed by atoms with E-state index >= 15 is 0 Å². The number of fused-ring (bicyclic) bond motifs is 5. The minimum Gasteiger partial charge on any atom is -0.390 e. The van der Waals surface area contributed by atoms with Crippen LogP contribution in [0.1, 0.15) is 91.4 Å². The van der Waals surface area contributed by atoms with E-state index < -0.39 is 0 Å². The van der Waals surface area contributed by atoms with Crippen LogP contribution in [0.4, 0.5) is 0 Å². The van der Waals surface area contributed by atoms with Crippen LogP contribution < -0.4 is 10.6 Å². The van der Waals surface area contributed by atoms with Crippen molar-refractivity contribution in [3.05, 3.63) is 60.9 Å². The lowest BCUT2D eigenvalue weighted by Gasteiger charge is -2.65. The number of hydrogen-bond donors (Lipinski definition) is 2. The van der Waals surface area contributed by atoms with Gasteiger partial charge in [0.1, 0.15) is 0 Å². The summed E-state index contributed by atoms with van der Waals surface area (Å²) < 4.78 is 0. The van der Waals surface area contributed by atoms with E-state index in [9.17, 15) is 0 Å². The molecule has 5 aliphatic rings. The van der Waals surface area contributed by atoms with Crippen molar-refractivity contribution in [1.82, 2.24) is 10.6 Å². The van der Waals surface area contributed by atoms with Crippen molar-refractivity contribution in [2.75, 3.05) is 19.6 Å². The van der Waals surface area contributed by atoms with Crippen molar-refractivity contribution in [1.29, 1.82) is 0 Å². The molecule has 0 amide bonds. The molecule has 0 aliphatic heterocycles. The zero-order valence-electron chi connectivity index (χ0n) is 24.2. The fraction of sp³-hybridized carbons (Fsp3) is 0.714. The van der Waals surface area contributed by atoms with Gasteiger partial charge in [-0.05, 0) is 129 Å². The SMILES string of the molecule is C=CNCCNCCCC1CCC2(C)C(CCC3[C@@H]2CC(=C)C2(C)C(C4=CCC(=C)C=C4)CCC32C)C1. The van der Waals surface area contributed by atoms with Crippen molar-refractivity contribution in [2.45, 2.75) is 91.4 Å². The molecule has 2 nitrogen and oxygen atoms in total. The fourth-order valence-electron chi connectivity index (χ4n) is 10.2. The predicted molar refractivity (Wildman–Crippen MR) is 159 cm³/mol. The Morgan fingerprint density at radius 1 is 0.973 bits per heavy atom. The highest BCUT2D eigenvalue weighted by molar-refractivity contribution is 5.41. The molecule has 0 aromatic rings. The molecule has 0 saturated heterocycles. The molecule has 0 bridgehead atoms. The summed E-state index contributed by atoms with van der Waals surface area (Å²) in [5.41, 5.74) is 5.54. The summed E-state index contributed by atoms with van der Waals surface area (Å²) in [6.07, 6.45) is 23.9. The summed E-state index contributed by atoms with van der Waals surface area (Å²) in [4.78, 5) is 0. The predicted octanol–water partition coefficient (Wildman–Crippen LogP) is 8.36. The molecule has 5 rings (SSSR count). The first-order valence-electron chi connectivity index (χ1n) is 15.5. The Kier molecular flexibility index (Phi) is 7.71. The minimum absolute atomic E-state index is 0.234. The van der Waals surface area contributed by atoms with Gasteiger partial charge in [-0.3, -0.25) is 0 Å². The monoisotopic (exact) mass is 502 g/mol. The van der Waals surface area contributed by atoms with Gasteiger partial charge in [0, 0.05) is 18.5 Å². The van der Waals surface area contributed by atoms with Crippen molar-refractivity contribution in [3.63, 3.8) is 0 Å². The summed E-state index contributed by atoms with van der Waals surface area (Å²) in [7, 11) is 0. The lowest BCUT2D eigenvalue weighted by Crippen LogP contribution is -2.58. The standard InChI is InChI=1S/C35H54N2/c1-7-36-21-22-37-20-8-9-27-16-18-33(4)29(24-27)14-15-31-32(33)23-26(3)35(6)30(17-19-34(31,35)5)28-12-10-25(2)11-13-28/h7,10,12-13,27,29-32,36-37H,1-3,8-9,11,14-24H2,4-6H3/t27?,29?,30?,31?,32-,33?,34?,35?/m0/s1. The second-order valence-corrected chi connectivity index (χ2v) is 14.1. The molecule has 0 spiro atoms. The van der Waals surface area contributed by atoms with Gasteiger partial charge in [-0.2, -0.15) is 0 Å². The van der Waals surface area contributed by atoms with Crippen LogP contribution in [-0.2, 0) is 0 Å². The highest BCUT2D eigenvalue weighted by Gasteiger charge is 2.66. The van der Waals surface area contributed by atoms with Crippen molar-refractivity contribution in [3.8, 4) is 0 Å². The fourth-order valence-corrected chi connectivity index (χ4v) is 10.2. The molecule has 0 aromatic carbocycles. The molecule has 0 radical (unpaired) electrons. The molecule has 7 unspecified atom stereocenters. The van der Waals surface area contributed by atoms with Crippen LogP contribution in [0, 0.1) is 45.8 Å². The maximum atomic E-state index is 4.90. The number of allylic oxidation sites excluding steroid dienone is 6. The quantitative estimate of drug-likeness (QED) is 0.244. The molecule has 5 aliphatic carbocycles. The first-order valence-corrected chi connectivity index (χ1v) is 15.5. The zero-order valence-corrected chi connectivity index (χ0v) is 24.2. The van der Waals surface area contributed by atoms with E-state index in [-0.39, 0.29) is 5.41 Å². The van der Waals surface area contributed by atoms with Gasteiger partial charge in [0.15, 0.2) is 0 Å². The Bertz CT molecular complexity index is 956. The van der Waals surface area contributed by atoms with Crippen LogP contribution >= 0.6 is 0 Å². The van der Waals surface area contributed by atoms with Gasteiger partial charge in [-0.25, -0.2) is 0 Å². The minimum atomic E-state index is 0.234. The molecular weight excluding hydrogens is 448 g/mol. The van der Waals surface area contributed by atoms with Gasteiger partial charge in [0.25, 0.3) is 0 Å². The molecule has 2 heteroatoms. The van der Waals surface area contributed by atoms with Crippen molar-refractivity contribution in [2.24, 2.45) is 45.8 Å². The van der Waals surface area contributed by atoms with E-state index in [0.717, 1.165) is 49.7 Å². The zero-order chi connectivity index (χ0) is 26.3. The third-order valence-corrected chi connectivity index (χ3v) is 12.7. The normalized spacial score (nSPS) is 43.0. The van der Waals surface area contributed by atoms with Crippen LogP contribution in [0.2, 0.25) is 0 Å². The smallest absolute Gasteiger partial charge is 0.0266 e. The molecule has 4 fully saturated rings. The largest absolute Gasteiger partial charge is 0.390 e. The average molecular weight is 503 g/mol. The van der Waals surface area contributed by atoms with Gasteiger partial charge >= 0.3 is 0 Å².